The van der Waals surface area contributed by atoms with E-state index >= 15 is 0 Å². The second kappa shape index (κ2) is 8.71. The van der Waals surface area contributed by atoms with Crippen LogP contribution in [0.1, 0.15) is 28.8 Å². The number of thiophene rings is 1. The van der Waals surface area contributed by atoms with Gasteiger partial charge in [0.2, 0.25) is 0 Å². The molecule has 8 heteroatoms. The molecule has 0 radical (unpaired) electrons. The van der Waals surface area contributed by atoms with E-state index in [0.717, 1.165) is 28.8 Å². The largest absolute Gasteiger partial charge is 0.397 e. The number of nitrogen functional groups attached to an aromatic ring is 1. The summed E-state index contributed by atoms with van der Waals surface area (Å²) in [6.07, 6.45) is 1.88. The smallest absolute Gasteiger partial charge is 0.312 e. The van der Waals surface area contributed by atoms with E-state index in [1.165, 1.54) is 0 Å². The number of carbonyl (C=O) groups excluding carboxylic acids is 3. The predicted octanol–water partition coefficient (Wildman–Crippen LogP) is 3.58. The molecule has 3 amide bonds. The van der Waals surface area contributed by atoms with Gasteiger partial charge in [-0.25, -0.2) is 0 Å². The van der Waals surface area contributed by atoms with Crippen molar-refractivity contribution in [2.45, 2.75) is 25.4 Å². The summed E-state index contributed by atoms with van der Waals surface area (Å²) in [5.74, 6) is -1.11. The second-order valence-corrected chi connectivity index (χ2v) is 9.36. The molecule has 2 fully saturated rings. The van der Waals surface area contributed by atoms with E-state index in [4.69, 9.17) is 5.73 Å². The van der Waals surface area contributed by atoms with Crippen molar-refractivity contribution in [3.05, 3.63) is 71.1 Å². The monoisotopic (exact) mass is 460 g/mol. The van der Waals surface area contributed by atoms with Crippen molar-refractivity contribution in [2.24, 2.45) is 0 Å². The molecule has 0 saturated carbocycles. The first-order valence-electron chi connectivity index (χ1n) is 10.9. The highest BCUT2D eigenvalue weighted by Gasteiger charge is 2.41. The molecule has 3 aromatic rings. The van der Waals surface area contributed by atoms with Crippen LogP contribution in [0, 0.1) is 0 Å². The van der Waals surface area contributed by atoms with Gasteiger partial charge in [-0.05, 0) is 59.7 Å². The normalized spacial score (nSPS) is 17.9. The van der Waals surface area contributed by atoms with Gasteiger partial charge in [0.15, 0.2) is 0 Å². The molecule has 0 spiro atoms. The van der Waals surface area contributed by atoms with Crippen LogP contribution < -0.4 is 11.1 Å². The molecule has 2 aliphatic rings. The average molecular weight is 461 g/mol. The lowest BCUT2D eigenvalue weighted by atomic mass is 10.1. The zero-order chi connectivity index (χ0) is 22.9. The van der Waals surface area contributed by atoms with Crippen LogP contribution in [0.15, 0.2) is 60.0 Å². The number of amides is 3. The van der Waals surface area contributed by atoms with Crippen molar-refractivity contribution in [3.8, 4) is 10.4 Å². The molecule has 3 heterocycles. The minimum absolute atomic E-state index is 0.121. The number of piperazine rings is 1. The minimum atomic E-state index is -0.448. The minimum Gasteiger partial charge on any atom is -0.397 e. The Morgan fingerprint density at radius 3 is 2.67 bits per heavy atom. The maximum Gasteiger partial charge on any atom is 0.312 e. The maximum absolute atomic E-state index is 12.8. The first-order chi connectivity index (χ1) is 16.0. The van der Waals surface area contributed by atoms with Crippen molar-refractivity contribution in [2.75, 3.05) is 24.1 Å². The Bertz CT molecular complexity index is 1210. The molecule has 168 valence electrons. The molecule has 33 heavy (non-hydrogen) atoms. The van der Waals surface area contributed by atoms with Crippen LogP contribution in [0.3, 0.4) is 0 Å². The van der Waals surface area contributed by atoms with Gasteiger partial charge in [-0.3, -0.25) is 14.4 Å². The van der Waals surface area contributed by atoms with E-state index in [1.54, 1.807) is 39.3 Å². The molecule has 2 aliphatic heterocycles. The SMILES string of the molecule is Nc1ccc(-c2cccs2)cc1NC(=O)c1ccc(CN2CC3CCCN3C(=O)C2=O)cc1. The number of hydrogen-bond acceptors (Lipinski definition) is 5. The summed E-state index contributed by atoms with van der Waals surface area (Å²) in [6.45, 7) is 1.59. The molecule has 5 rings (SSSR count). The maximum atomic E-state index is 12.8. The summed E-state index contributed by atoms with van der Waals surface area (Å²) in [7, 11) is 0. The van der Waals surface area contributed by atoms with Gasteiger partial charge in [-0.15, -0.1) is 11.3 Å². The van der Waals surface area contributed by atoms with Gasteiger partial charge in [-0.1, -0.05) is 24.3 Å². The van der Waals surface area contributed by atoms with Crippen molar-refractivity contribution in [1.82, 2.24) is 9.80 Å². The number of rotatable bonds is 5. The van der Waals surface area contributed by atoms with Gasteiger partial charge in [0, 0.05) is 36.1 Å². The van der Waals surface area contributed by atoms with Gasteiger partial charge in [0.1, 0.15) is 0 Å². The zero-order valence-corrected chi connectivity index (χ0v) is 18.8. The Morgan fingerprint density at radius 1 is 1.09 bits per heavy atom. The summed E-state index contributed by atoms with van der Waals surface area (Å²) < 4.78 is 0. The molecule has 0 bridgehead atoms. The van der Waals surface area contributed by atoms with Crippen molar-refractivity contribution < 1.29 is 14.4 Å². The standard InChI is InChI=1S/C25H24N4O3S/c26-20-10-9-18(22-4-2-12-33-22)13-21(20)27-23(30)17-7-5-16(6-8-17)14-28-15-19-3-1-11-29(19)25(32)24(28)31/h2,4-10,12-13,19H,1,3,11,14-15,26H2,(H,27,30). The zero-order valence-electron chi connectivity index (χ0n) is 18.0. The van der Waals surface area contributed by atoms with E-state index in [-0.39, 0.29) is 11.9 Å². The number of carbonyl (C=O) groups is 3. The number of anilines is 2. The third-order valence-electron chi connectivity index (χ3n) is 6.24. The molecule has 2 saturated heterocycles. The summed E-state index contributed by atoms with van der Waals surface area (Å²) in [5.41, 5.74) is 9.49. The summed E-state index contributed by atoms with van der Waals surface area (Å²) >= 11 is 1.62. The Hall–Kier alpha value is -3.65. The molecule has 3 N–H and O–H groups in total. The van der Waals surface area contributed by atoms with Crippen molar-refractivity contribution in [3.63, 3.8) is 0 Å². The third-order valence-corrected chi connectivity index (χ3v) is 7.15. The molecule has 1 atom stereocenters. The Kier molecular flexibility index (Phi) is 5.60. The van der Waals surface area contributed by atoms with Crippen LogP contribution in [0.4, 0.5) is 11.4 Å². The molecular weight excluding hydrogens is 436 g/mol. The Morgan fingerprint density at radius 2 is 1.91 bits per heavy atom. The fourth-order valence-electron chi connectivity index (χ4n) is 4.46. The summed E-state index contributed by atoms with van der Waals surface area (Å²) in [6, 6.07) is 16.8. The van der Waals surface area contributed by atoms with Crippen LogP contribution >= 0.6 is 11.3 Å². The second-order valence-electron chi connectivity index (χ2n) is 8.41. The summed E-state index contributed by atoms with van der Waals surface area (Å²) in [5, 5.41) is 4.90. The molecule has 1 aromatic heterocycles. The van der Waals surface area contributed by atoms with E-state index in [1.807, 2.05) is 41.8 Å². The van der Waals surface area contributed by atoms with Crippen LogP contribution in [-0.4, -0.2) is 46.7 Å². The topological polar surface area (TPSA) is 95.7 Å². The van der Waals surface area contributed by atoms with Gasteiger partial charge in [-0.2, -0.15) is 0 Å². The van der Waals surface area contributed by atoms with Crippen LogP contribution in [-0.2, 0) is 16.1 Å². The van der Waals surface area contributed by atoms with Gasteiger partial charge in [0.05, 0.1) is 11.4 Å². The number of fused-ring (bicyclic) bond motifs is 1. The fraction of sp³-hybridized carbons (Fsp3) is 0.240. The lowest BCUT2D eigenvalue weighted by molar-refractivity contribution is -0.157. The van der Waals surface area contributed by atoms with E-state index < -0.39 is 11.8 Å². The van der Waals surface area contributed by atoms with Gasteiger partial charge >= 0.3 is 11.8 Å². The molecule has 2 aromatic carbocycles. The first-order valence-corrected chi connectivity index (χ1v) is 11.8. The van der Waals surface area contributed by atoms with Crippen LogP contribution in [0.25, 0.3) is 10.4 Å². The molecule has 7 nitrogen and oxygen atoms in total. The fourth-order valence-corrected chi connectivity index (χ4v) is 5.19. The molecule has 0 aliphatic carbocycles. The molecular formula is C25H24N4O3S. The highest BCUT2D eigenvalue weighted by molar-refractivity contribution is 7.13. The lowest BCUT2D eigenvalue weighted by Gasteiger charge is -2.36. The number of nitrogens with two attached hydrogens (primary N) is 1. The summed E-state index contributed by atoms with van der Waals surface area (Å²) in [4.78, 5) is 42.0. The predicted molar refractivity (Wildman–Crippen MR) is 129 cm³/mol. The Labute approximate surface area is 195 Å². The third kappa shape index (κ3) is 4.21. The number of hydrogen-bond donors (Lipinski definition) is 2. The average Bonchev–Trinajstić information content (AvgIpc) is 3.52. The number of nitrogens with one attached hydrogen (secondary N) is 1. The molecule has 1 unspecified atom stereocenters. The highest BCUT2D eigenvalue weighted by Crippen LogP contribution is 2.30. The van der Waals surface area contributed by atoms with E-state index in [9.17, 15) is 14.4 Å². The quantitative estimate of drug-likeness (QED) is 0.449. The van der Waals surface area contributed by atoms with E-state index in [2.05, 4.69) is 5.32 Å². The van der Waals surface area contributed by atoms with Crippen LogP contribution in [0.5, 0.6) is 0 Å². The van der Waals surface area contributed by atoms with Gasteiger partial charge < -0.3 is 20.9 Å². The lowest BCUT2D eigenvalue weighted by Crippen LogP contribution is -2.56. The number of benzene rings is 2. The van der Waals surface area contributed by atoms with Crippen LogP contribution in [0.2, 0.25) is 0 Å². The Balaban J connectivity index is 1.26. The van der Waals surface area contributed by atoms with E-state index in [0.29, 0.717) is 36.6 Å². The van der Waals surface area contributed by atoms with Crippen molar-refractivity contribution in [1.29, 1.82) is 0 Å². The van der Waals surface area contributed by atoms with Gasteiger partial charge in [0.25, 0.3) is 5.91 Å². The first kappa shape index (κ1) is 21.2. The van der Waals surface area contributed by atoms with Crippen molar-refractivity contribution >= 4 is 40.4 Å². The number of nitrogens with zero attached hydrogens (tertiary/aromatic N) is 2. The highest BCUT2D eigenvalue weighted by atomic mass is 32.1.